The molecule has 8 heteroatoms. The molecule has 0 aliphatic carbocycles. The Labute approximate surface area is 155 Å². The molecule has 1 aliphatic heterocycles. The van der Waals surface area contributed by atoms with Gasteiger partial charge in [0, 0.05) is 12.1 Å². The molecular formula is C19H19N3O5. The van der Waals surface area contributed by atoms with Crippen LogP contribution >= 0.6 is 0 Å². The third-order valence-corrected chi connectivity index (χ3v) is 4.61. The van der Waals surface area contributed by atoms with Gasteiger partial charge in [0.2, 0.25) is 11.7 Å². The molecule has 0 bridgehead atoms. The third-order valence-electron chi connectivity index (χ3n) is 4.61. The summed E-state index contributed by atoms with van der Waals surface area (Å²) < 4.78 is 21.3. The Bertz CT molecular complexity index is 935. The minimum atomic E-state index is -0.260. The van der Waals surface area contributed by atoms with Gasteiger partial charge in [0.15, 0.2) is 17.3 Å². The van der Waals surface area contributed by atoms with E-state index in [0.717, 1.165) is 18.4 Å². The Morgan fingerprint density at radius 1 is 1.22 bits per heavy atom. The average Bonchev–Trinajstić information content (AvgIpc) is 3.47. The SMILES string of the molecule is COc1ccc(-c2noc([C@@H]3CCCN3C(=O)c3ccco3)n2)cc1OC. The van der Waals surface area contributed by atoms with Gasteiger partial charge in [0.05, 0.1) is 20.5 Å². The van der Waals surface area contributed by atoms with E-state index in [1.807, 2.05) is 6.07 Å². The largest absolute Gasteiger partial charge is 0.493 e. The monoisotopic (exact) mass is 369 g/mol. The zero-order valence-electron chi connectivity index (χ0n) is 15.0. The van der Waals surface area contributed by atoms with Crippen molar-refractivity contribution in [3.8, 4) is 22.9 Å². The second kappa shape index (κ2) is 7.14. The summed E-state index contributed by atoms with van der Waals surface area (Å²) in [6.45, 7) is 0.623. The lowest BCUT2D eigenvalue weighted by Gasteiger charge is -2.20. The maximum Gasteiger partial charge on any atom is 0.290 e. The van der Waals surface area contributed by atoms with Crippen molar-refractivity contribution in [3.63, 3.8) is 0 Å². The van der Waals surface area contributed by atoms with Gasteiger partial charge in [0.1, 0.15) is 6.04 Å². The lowest BCUT2D eigenvalue weighted by Crippen LogP contribution is -2.30. The molecule has 1 amide bonds. The highest BCUT2D eigenvalue weighted by molar-refractivity contribution is 5.91. The molecule has 2 aromatic heterocycles. The number of ether oxygens (including phenoxy) is 2. The molecule has 4 rings (SSSR count). The number of amides is 1. The van der Waals surface area contributed by atoms with Crippen LogP contribution < -0.4 is 9.47 Å². The first-order valence-corrected chi connectivity index (χ1v) is 8.61. The maximum atomic E-state index is 12.6. The fourth-order valence-electron chi connectivity index (χ4n) is 3.27. The van der Waals surface area contributed by atoms with E-state index in [-0.39, 0.29) is 11.9 Å². The smallest absolute Gasteiger partial charge is 0.290 e. The number of hydrogen-bond donors (Lipinski definition) is 0. The topological polar surface area (TPSA) is 90.8 Å². The third kappa shape index (κ3) is 3.14. The molecule has 1 aliphatic rings. The predicted molar refractivity (Wildman–Crippen MR) is 94.6 cm³/mol. The predicted octanol–water partition coefficient (Wildman–Crippen LogP) is 3.32. The van der Waals surface area contributed by atoms with Gasteiger partial charge in [0.25, 0.3) is 5.91 Å². The molecular weight excluding hydrogens is 350 g/mol. The number of carbonyl (C=O) groups is 1. The minimum absolute atomic E-state index is 0.173. The number of hydrogen-bond acceptors (Lipinski definition) is 7. The van der Waals surface area contributed by atoms with Gasteiger partial charge in [-0.15, -0.1) is 0 Å². The van der Waals surface area contributed by atoms with Crippen LogP contribution in [-0.2, 0) is 0 Å². The minimum Gasteiger partial charge on any atom is -0.493 e. The van der Waals surface area contributed by atoms with E-state index in [2.05, 4.69) is 10.1 Å². The molecule has 1 saturated heterocycles. The summed E-state index contributed by atoms with van der Waals surface area (Å²) in [4.78, 5) is 18.9. The molecule has 0 unspecified atom stereocenters. The van der Waals surface area contributed by atoms with Crippen molar-refractivity contribution < 1.29 is 23.2 Å². The summed E-state index contributed by atoms with van der Waals surface area (Å²) in [6.07, 6.45) is 3.12. The summed E-state index contributed by atoms with van der Waals surface area (Å²) >= 11 is 0. The quantitative estimate of drug-likeness (QED) is 0.681. The van der Waals surface area contributed by atoms with Crippen LogP contribution in [0.15, 0.2) is 45.5 Å². The van der Waals surface area contributed by atoms with Crippen LogP contribution in [0.4, 0.5) is 0 Å². The lowest BCUT2D eigenvalue weighted by molar-refractivity contribution is 0.0678. The molecule has 1 atom stereocenters. The van der Waals surface area contributed by atoms with Gasteiger partial charge in [-0.3, -0.25) is 4.79 Å². The fraction of sp³-hybridized carbons (Fsp3) is 0.316. The average molecular weight is 369 g/mol. The highest BCUT2D eigenvalue weighted by Crippen LogP contribution is 2.35. The summed E-state index contributed by atoms with van der Waals surface area (Å²) in [5.41, 5.74) is 0.740. The van der Waals surface area contributed by atoms with Crippen LogP contribution in [-0.4, -0.2) is 41.7 Å². The van der Waals surface area contributed by atoms with Crippen molar-refractivity contribution in [2.45, 2.75) is 18.9 Å². The van der Waals surface area contributed by atoms with E-state index in [1.54, 1.807) is 43.4 Å². The highest BCUT2D eigenvalue weighted by Gasteiger charge is 2.35. The Balaban J connectivity index is 1.59. The second-order valence-corrected chi connectivity index (χ2v) is 6.16. The highest BCUT2D eigenvalue weighted by atomic mass is 16.5. The first-order chi connectivity index (χ1) is 13.2. The van der Waals surface area contributed by atoms with Gasteiger partial charge in [-0.2, -0.15) is 4.98 Å². The molecule has 8 nitrogen and oxygen atoms in total. The van der Waals surface area contributed by atoms with Crippen molar-refractivity contribution in [1.29, 1.82) is 0 Å². The van der Waals surface area contributed by atoms with Crippen molar-refractivity contribution in [3.05, 3.63) is 48.2 Å². The molecule has 0 radical (unpaired) electrons. The number of rotatable bonds is 5. The van der Waals surface area contributed by atoms with Gasteiger partial charge in [-0.25, -0.2) is 0 Å². The van der Waals surface area contributed by atoms with E-state index < -0.39 is 0 Å². The number of furan rings is 1. The van der Waals surface area contributed by atoms with E-state index in [0.29, 0.717) is 35.5 Å². The lowest BCUT2D eigenvalue weighted by atomic mass is 10.2. The van der Waals surface area contributed by atoms with Crippen LogP contribution in [0.3, 0.4) is 0 Å². The number of carbonyl (C=O) groups excluding carboxylic acids is 1. The maximum absolute atomic E-state index is 12.6. The molecule has 1 aromatic carbocycles. The molecule has 27 heavy (non-hydrogen) atoms. The number of benzene rings is 1. The van der Waals surface area contributed by atoms with E-state index in [4.69, 9.17) is 18.4 Å². The number of aromatic nitrogens is 2. The van der Waals surface area contributed by atoms with Crippen LogP contribution in [0, 0.1) is 0 Å². The molecule has 3 heterocycles. The van der Waals surface area contributed by atoms with Crippen molar-refractivity contribution >= 4 is 5.91 Å². The van der Waals surface area contributed by atoms with Crippen molar-refractivity contribution in [2.24, 2.45) is 0 Å². The summed E-state index contributed by atoms with van der Waals surface area (Å²) in [5, 5.41) is 4.07. The molecule has 3 aromatic rings. The first kappa shape index (κ1) is 17.1. The molecule has 0 N–H and O–H groups in total. The Morgan fingerprint density at radius 3 is 2.81 bits per heavy atom. The number of methoxy groups -OCH3 is 2. The molecule has 0 saturated carbocycles. The summed E-state index contributed by atoms with van der Waals surface area (Å²) in [7, 11) is 3.15. The molecule has 0 spiro atoms. The Kier molecular flexibility index (Phi) is 4.53. The van der Waals surface area contributed by atoms with Crippen LogP contribution in [0.1, 0.15) is 35.3 Å². The Morgan fingerprint density at radius 2 is 2.07 bits per heavy atom. The van der Waals surface area contributed by atoms with Gasteiger partial charge < -0.3 is 23.3 Å². The number of likely N-dealkylation sites (tertiary alicyclic amines) is 1. The summed E-state index contributed by atoms with van der Waals surface area (Å²) in [6, 6.07) is 8.49. The zero-order valence-corrected chi connectivity index (χ0v) is 15.0. The van der Waals surface area contributed by atoms with Crippen molar-refractivity contribution in [1.82, 2.24) is 15.0 Å². The molecule has 1 fully saturated rings. The van der Waals surface area contributed by atoms with Crippen LogP contribution in [0.2, 0.25) is 0 Å². The van der Waals surface area contributed by atoms with Gasteiger partial charge >= 0.3 is 0 Å². The standard InChI is InChI=1S/C19H19N3O5/c1-24-14-8-7-12(11-16(14)25-2)17-20-18(27-21-17)13-5-3-9-22(13)19(23)15-6-4-10-26-15/h4,6-8,10-11,13H,3,5,9H2,1-2H3/t13-/m0/s1. The number of nitrogens with zero attached hydrogens (tertiary/aromatic N) is 3. The zero-order chi connectivity index (χ0) is 18.8. The Hall–Kier alpha value is -3.29. The molecule has 140 valence electrons. The van der Waals surface area contributed by atoms with Crippen LogP contribution in [0.25, 0.3) is 11.4 Å². The fourth-order valence-corrected chi connectivity index (χ4v) is 3.27. The van der Waals surface area contributed by atoms with E-state index in [9.17, 15) is 4.79 Å². The van der Waals surface area contributed by atoms with E-state index >= 15 is 0 Å². The van der Waals surface area contributed by atoms with Gasteiger partial charge in [-0.05, 0) is 43.2 Å². The van der Waals surface area contributed by atoms with Crippen LogP contribution in [0.5, 0.6) is 11.5 Å². The van der Waals surface area contributed by atoms with E-state index in [1.165, 1.54) is 6.26 Å². The summed E-state index contributed by atoms with van der Waals surface area (Å²) in [5.74, 6) is 2.18. The second-order valence-electron chi connectivity index (χ2n) is 6.16. The normalized spacial score (nSPS) is 16.5. The van der Waals surface area contributed by atoms with Gasteiger partial charge in [-0.1, -0.05) is 5.16 Å². The first-order valence-electron chi connectivity index (χ1n) is 8.61. The van der Waals surface area contributed by atoms with Crippen molar-refractivity contribution in [2.75, 3.05) is 20.8 Å².